The summed E-state index contributed by atoms with van der Waals surface area (Å²) in [5.74, 6) is -0.305. The van der Waals surface area contributed by atoms with Crippen molar-refractivity contribution in [2.75, 3.05) is 13.2 Å². The lowest BCUT2D eigenvalue weighted by Gasteiger charge is -2.17. The number of rotatable bonds is 6. The zero-order valence-electron chi connectivity index (χ0n) is 12.0. The van der Waals surface area contributed by atoms with E-state index in [0.717, 1.165) is 12.0 Å². The molecule has 0 saturated carbocycles. The third-order valence-corrected chi connectivity index (χ3v) is 3.17. The molecule has 5 heteroatoms. The van der Waals surface area contributed by atoms with E-state index < -0.39 is 0 Å². The number of amides is 1. The highest BCUT2D eigenvalue weighted by atomic mass is 16.6. The Balaban J connectivity index is 1.94. The molecule has 1 fully saturated rings. The predicted octanol–water partition coefficient (Wildman–Crippen LogP) is 2.52. The number of carbonyl (C=O) groups excluding carboxylic acids is 2. The minimum absolute atomic E-state index is 0.0432. The van der Waals surface area contributed by atoms with E-state index in [-0.39, 0.29) is 24.5 Å². The van der Waals surface area contributed by atoms with Crippen LogP contribution >= 0.6 is 0 Å². The van der Waals surface area contributed by atoms with Gasteiger partial charge in [-0.15, -0.1) is 0 Å². The van der Waals surface area contributed by atoms with Crippen molar-refractivity contribution in [3.05, 3.63) is 48.2 Å². The van der Waals surface area contributed by atoms with Gasteiger partial charge in [-0.05, 0) is 18.9 Å². The number of esters is 1. The third kappa shape index (κ3) is 4.34. The molecule has 1 saturated heterocycles. The van der Waals surface area contributed by atoms with Gasteiger partial charge in [0.15, 0.2) is 0 Å². The van der Waals surface area contributed by atoms with Crippen molar-refractivity contribution >= 4 is 12.1 Å². The fourth-order valence-corrected chi connectivity index (χ4v) is 2.18. The van der Waals surface area contributed by atoms with Gasteiger partial charge in [0.05, 0.1) is 19.1 Å². The van der Waals surface area contributed by atoms with E-state index in [1.165, 1.54) is 4.90 Å². The normalized spacial score (nSPS) is 18.0. The summed E-state index contributed by atoms with van der Waals surface area (Å²) >= 11 is 0. The molecule has 1 heterocycles. The third-order valence-electron chi connectivity index (χ3n) is 3.17. The van der Waals surface area contributed by atoms with E-state index in [4.69, 9.17) is 9.47 Å². The van der Waals surface area contributed by atoms with Gasteiger partial charge < -0.3 is 9.47 Å². The first-order chi connectivity index (χ1) is 10.2. The Hall–Kier alpha value is -2.30. The van der Waals surface area contributed by atoms with Gasteiger partial charge in [-0.3, -0.25) is 9.69 Å². The molecule has 1 aromatic carbocycles. The largest absolute Gasteiger partial charge is 0.466 e. The SMILES string of the molecule is CCOC(=O)C/C=C/N1C(=O)OC[C@@H]1Cc1ccccc1. The maximum atomic E-state index is 11.7. The summed E-state index contributed by atoms with van der Waals surface area (Å²) in [6, 6.07) is 9.88. The van der Waals surface area contributed by atoms with E-state index in [1.54, 1.807) is 19.2 Å². The number of nitrogens with zero attached hydrogens (tertiary/aromatic N) is 1. The van der Waals surface area contributed by atoms with Crippen molar-refractivity contribution in [1.82, 2.24) is 4.90 Å². The van der Waals surface area contributed by atoms with Crippen molar-refractivity contribution in [2.45, 2.75) is 25.8 Å². The maximum Gasteiger partial charge on any atom is 0.414 e. The molecular formula is C16H19NO4. The minimum atomic E-state index is -0.379. The summed E-state index contributed by atoms with van der Waals surface area (Å²) in [4.78, 5) is 24.5. The van der Waals surface area contributed by atoms with Crippen LogP contribution in [0.5, 0.6) is 0 Å². The quantitative estimate of drug-likeness (QED) is 0.755. The number of cyclic esters (lactones) is 1. The average Bonchev–Trinajstić information content (AvgIpc) is 2.82. The van der Waals surface area contributed by atoms with Crippen LogP contribution in [-0.4, -0.2) is 36.2 Å². The fourth-order valence-electron chi connectivity index (χ4n) is 2.18. The summed E-state index contributed by atoms with van der Waals surface area (Å²) < 4.78 is 9.91. The Morgan fingerprint density at radius 1 is 1.43 bits per heavy atom. The number of hydrogen-bond acceptors (Lipinski definition) is 4. The topological polar surface area (TPSA) is 55.8 Å². The molecule has 0 bridgehead atoms. The van der Waals surface area contributed by atoms with Crippen LogP contribution < -0.4 is 0 Å². The van der Waals surface area contributed by atoms with Gasteiger partial charge in [0, 0.05) is 6.20 Å². The maximum absolute atomic E-state index is 11.7. The highest BCUT2D eigenvalue weighted by molar-refractivity contribution is 5.73. The Bertz CT molecular complexity index is 512. The van der Waals surface area contributed by atoms with Crippen LogP contribution in [0.4, 0.5) is 4.79 Å². The molecular weight excluding hydrogens is 270 g/mol. The highest BCUT2D eigenvalue weighted by Crippen LogP contribution is 2.17. The summed E-state index contributed by atoms with van der Waals surface area (Å²) in [6.07, 6.45) is 3.73. The van der Waals surface area contributed by atoms with E-state index in [9.17, 15) is 9.59 Å². The van der Waals surface area contributed by atoms with Gasteiger partial charge in [0.1, 0.15) is 6.61 Å². The van der Waals surface area contributed by atoms with E-state index in [1.807, 2.05) is 30.3 Å². The number of benzene rings is 1. The molecule has 0 N–H and O–H groups in total. The number of carbonyl (C=O) groups is 2. The molecule has 1 amide bonds. The van der Waals surface area contributed by atoms with E-state index in [0.29, 0.717) is 13.2 Å². The van der Waals surface area contributed by atoms with Crippen molar-refractivity contribution < 1.29 is 19.1 Å². The molecule has 0 aromatic heterocycles. The first-order valence-electron chi connectivity index (χ1n) is 7.02. The van der Waals surface area contributed by atoms with Crippen LogP contribution in [0.1, 0.15) is 18.9 Å². The van der Waals surface area contributed by atoms with Crippen molar-refractivity contribution in [3.63, 3.8) is 0 Å². The molecule has 0 aliphatic carbocycles. The summed E-state index contributed by atoms with van der Waals surface area (Å²) in [7, 11) is 0. The van der Waals surface area contributed by atoms with Gasteiger partial charge in [0.2, 0.25) is 0 Å². The molecule has 1 aliphatic rings. The summed E-state index contributed by atoms with van der Waals surface area (Å²) in [5.41, 5.74) is 1.14. The molecule has 0 unspecified atom stereocenters. The first kappa shape index (κ1) is 15.1. The summed E-state index contributed by atoms with van der Waals surface area (Å²) in [5, 5.41) is 0. The van der Waals surface area contributed by atoms with Gasteiger partial charge in [-0.2, -0.15) is 0 Å². The second kappa shape index (κ2) is 7.47. The van der Waals surface area contributed by atoms with Crippen molar-refractivity contribution in [2.24, 2.45) is 0 Å². The van der Waals surface area contributed by atoms with Gasteiger partial charge in [-0.1, -0.05) is 36.4 Å². The standard InChI is InChI=1S/C16H19NO4/c1-2-20-15(18)9-6-10-17-14(12-21-16(17)19)11-13-7-4-3-5-8-13/h3-8,10,14H,2,9,11-12H2,1H3/b10-6+/t14-/m0/s1. The predicted molar refractivity (Wildman–Crippen MR) is 77.5 cm³/mol. The van der Waals surface area contributed by atoms with Crippen molar-refractivity contribution in [3.8, 4) is 0 Å². The minimum Gasteiger partial charge on any atom is -0.466 e. The second-order valence-electron chi connectivity index (χ2n) is 4.72. The molecule has 0 spiro atoms. The lowest BCUT2D eigenvalue weighted by atomic mass is 10.1. The smallest absolute Gasteiger partial charge is 0.414 e. The Labute approximate surface area is 124 Å². The van der Waals surface area contributed by atoms with Crippen LogP contribution in [0.3, 0.4) is 0 Å². The van der Waals surface area contributed by atoms with Crippen LogP contribution in [-0.2, 0) is 20.7 Å². The number of hydrogen-bond donors (Lipinski definition) is 0. The Morgan fingerprint density at radius 2 is 2.19 bits per heavy atom. The highest BCUT2D eigenvalue weighted by Gasteiger charge is 2.31. The Morgan fingerprint density at radius 3 is 2.90 bits per heavy atom. The average molecular weight is 289 g/mol. The van der Waals surface area contributed by atoms with E-state index in [2.05, 4.69) is 0 Å². The molecule has 0 radical (unpaired) electrons. The monoisotopic (exact) mass is 289 g/mol. The van der Waals surface area contributed by atoms with Crippen molar-refractivity contribution in [1.29, 1.82) is 0 Å². The zero-order valence-corrected chi connectivity index (χ0v) is 12.0. The molecule has 1 atom stereocenters. The zero-order chi connectivity index (χ0) is 15.1. The van der Waals surface area contributed by atoms with Gasteiger partial charge >= 0.3 is 12.1 Å². The van der Waals surface area contributed by atoms with E-state index >= 15 is 0 Å². The first-order valence-corrected chi connectivity index (χ1v) is 7.02. The molecule has 1 aromatic rings. The van der Waals surface area contributed by atoms with Crippen LogP contribution in [0.2, 0.25) is 0 Å². The Kier molecular flexibility index (Phi) is 5.37. The lowest BCUT2D eigenvalue weighted by molar-refractivity contribution is -0.142. The molecule has 1 aliphatic heterocycles. The van der Waals surface area contributed by atoms with Crippen LogP contribution in [0, 0.1) is 0 Å². The molecule has 112 valence electrons. The number of ether oxygens (including phenoxy) is 2. The van der Waals surface area contributed by atoms with Crippen LogP contribution in [0.25, 0.3) is 0 Å². The van der Waals surface area contributed by atoms with Crippen LogP contribution in [0.15, 0.2) is 42.6 Å². The van der Waals surface area contributed by atoms with Gasteiger partial charge in [-0.25, -0.2) is 4.79 Å². The second-order valence-corrected chi connectivity index (χ2v) is 4.72. The molecule has 21 heavy (non-hydrogen) atoms. The molecule has 2 rings (SSSR count). The fraction of sp³-hybridized carbons (Fsp3) is 0.375. The lowest BCUT2D eigenvalue weighted by Crippen LogP contribution is -2.30. The van der Waals surface area contributed by atoms with Gasteiger partial charge in [0.25, 0.3) is 0 Å². The molecule has 5 nitrogen and oxygen atoms in total. The summed E-state index contributed by atoms with van der Waals surface area (Å²) in [6.45, 7) is 2.47.